The van der Waals surface area contributed by atoms with E-state index in [9.17, 15) is 22.8 Å². The molecule has 0 atom stereocenters. The summed E-state index contributed by atoms with van der Waals surface area (Å²) >= 11 is 0. The van der Waals surface area contributed by atoms with Crippen LogP contribution in [0.3, 0.4) is 0 Å². The molecule has 10 heteroatoms. The van der Waals surface area contributed by atoms with Crippen molar-refractivity contribution >= 4 is 11.9 Å². The summed E-state index contributed by atoms with van der Waals surface area (Å²) in [6, 6.07) is 2.36. The van der Waals surface area contributed by atoms with E-state index in [0.29, 0.717) is 5.56 Å². The van der Waals surface area contributed by atoms with Gasteiger partial charge in [-0.2, -0.15) is 13.2 Å². The van der Waals surface area contributed by atoms with Crippen LogP contribution in [0.5, 0.6) is 5.88 Å². The SMILES string of the molecule is CN(C)C(=O)CCNC(=O)NCc1ccnc(OCC(F)(F)F)c1. The number of nitrogens with zero attached hydrogens (tertiary/aromatic N) is 2. The molecule has 3 amide bonds. The number of alkyl halides is 3. The lowest BCUT2D eigenvalue weighted by Gasteiger charge is -2.12. The fraction of sp³-hybridized carbons (Fsp3) is 0.500. The standard InChI is InChI=1S/C14H19F3N4O3/c1-21(2)12(22)4-6-19-13(23)20-8-10-3-5-18-11(7-10)24-9-14(15,16)17/h3,5,7H,4,6,8-9H2,1-2H3,(H2,19,20,23). The van der Waals surface area contributed by atoms with Gasteiger partial charge in [-0.15, -0.1) is 0 Å². The van der Waals surface area contributed by atoms with Crippen molar-refractivity contribution in [1.82, 2.24) is 20.5 Å². The highest BCUT2D eigenvalue weighted by molar-refractivity contribution is 5.77. The number of ether oxygens (including phenoxy) is 1. The summed E-state index contributed by atoms with van der Waals surface area (Å²) in [5.74, 6) is -0.292. The largest absolute Gasteiger partial charge is 0.468 e. The van der Waals surface area contributed by atoms with Crippen LogP contribution in [-0.4, -0.2) is 55.2 Å². The van der Waals surface area contributed by atoms with Gasteiger partial charge in [0.15, 0.2) is 6.61 Å². The average Bonchev–Trinajstić information content (AvgIpc) is 2.50. The van der Waals surface area contributed by atoms with Gasteiger partial charge in [-0.1, -0.05) is 0 Å². The van der Waals surface area contributed by atoms with E-state index in [1.807, 2.05) is 0 Å². The van der Waals surface area contributed by atoms with Gasteiger partial charge in [0.25, 0.3) is 0 Å². The predicted molar refractivity (Wildman–Crippen MR) is 79.3 cm³/mol. The fourth-order valence-electron chi connectivity index (χ4n) is 1.55. The molecule has 134 valence electrons. The quantitative estimate of drug-likeness (QED) is 0.778. The number of amides is 3. The van der Waals surface area contributed by atoms with Crippen LogP contribution in [0.15, 0.2) is 18.3 Å². The molecule has 1 aromatic rings. The van der Waals surface area contributed by atoms with Crippen molar-refractivity contribution in [2.45, 2.75) is 19.1 Å². The smallest absolute Gasteiger partial charge is 0.422 e. The minimum atomic E-state index is -4.44. The van der Waals surface area contributed by atoms with Gasteiger partial charge in [0.2, 0.25) is 11.8 Å². The van der Waals surface area contributed by atoms with Crippen LogP contribution in [0.1, 0.15) is 12.0 Å². The van der Waals surface area contributed by atoms with Crippen molar-refractivity contribution in [2.75, 3.05) is 27.2 Å². The third kappa shape index (κ3) is 8.20. The van der Waals surface area contributed by atoms with Gasteiger partial charge in [-0.05, 0) is 11.6 Å². The van der Waals surface area contributed by atoms with Crippen LogP contribution in [0, 0.1) is 0 Å². The fourth-order valence-corrected chi connectivity index (χ4v) is 1.55. The molecule has 0 aliphatic rings. The molecule has 24 heavy (non-hydrogen) atoms. The number of aromatic nitrogens is 1. The second-order valence-electron chi connectivity index (χ2n) is 5.05. The number of rotatable bonds is 7. The maximum absolute atomic E-state index is 12.1. The zero-order chi connectivity index (χ0) is 18.2. The van der Waals surface area contributed by atoms with E-state index in [-0.39, 0.29) is 31.3 Å². The number of carbonyl (C=O) groups excluding carboxylic acids is 2. The molecule has 0 radical (unpaired) electrons. The van der Waals surface area contributed by atoms with E-state index in [1.54, 1.807) is 14.1 Å². The van der Waals surface area contributed by atoms with Crippen molar-refractivity contribution in [3.63, 3.8) is 0 Å². The number of urea groups is 1. The molecule has 1 heterocycles. The molecule has 0 aliphatic heterocycles. The predicted octanol–water partition coefficient (Wildman–Crippen LogP) is 1.30. The Morgan fingerprint density at radius 1 is 1.29 bits per heavy atom. The van der Waals surface area contributed by atoms with Crippen molar-refractivity contribution in [3.8, 4) is 5.88 Å². The molecular weight excluding hydrogens is 329 g/mol. The third-order valence-electron chi connectivity index (χ3n) is 2.76. The Morgan fingerprint density at radius 3 is 2.62 bits per heavy atom. The molecule has 1 rings (SSSR count). The zero-order valence-corrected chi connectivity index (χ0v) is 13.3. The van der Waals surface area contributed by atoms with E-state index in [1.165, 1.54) is 23.2 Å². The molecule has 0 unspecified atom stereocenters. The summed E-state index contributed by atoms with van der Waals surface area (Å²) in [5.41, 5.74) is 0.529. The molecule has 0 aromatic carbocycles. The molecule has 0 fully saturated rings. The number of nitrogens with one attached hydrogen (secondary N) is 2. The highest BCUT2D eigenvalue weighted by Crippen LogP contribution is 2.17. The Labute approximate surface area is 137 Å². The second kappa shape index (κ2) is 8.94. The molecular formula is C14H19F3N4O3. The Balaban J connectivity index is 2.36. The lowest BCUT2D eigenvalue weighted by Crippen LogP contribution is -2.37. The average molecular weight is 348 g/mol. The first kappa shape index (κ1) is 19.5. The number of pyridine rings is 1. The minimum Gasteiger partial charge on any atom is -0.468 e. The van der Waals surface area contributed by atoms with Gasteiger partial charge in [-0.25, -0.2) is 9.78 Å². The van der Waals surface area contributed by atoms with Crippen LogP contribution in [0.2, 0.25) is 0 Å². The monoisotopic (exact) mass is 348 g/mol. The lowest BCUT2D eigenvalue weighted by atomic mass is 10.2. The number of hydrogen-bond donors (Lipinski definition) is 2. The van der Waals surface area contributed by atoms with Crippen molar-refractivity contribution in [3.05, 3.63) is 23.9 Å². The highest BCUT2D eigenvalue weighted by atomic mass is 19.4. The van der Waals surface area contributed by atoms with E-state index >= 15 is 0 Å². The molecule has 0 aliphatic carbocycles. The van der Waals surface area contributed by atoms with Gasteiger partial charge in [0.05, 0.1) is 0 Å². The van der Waals surface area contributed by atoms with Crippen molar-refractivity contribution < 1.29 is 27.5 Å². The Hall–Kier alpha value is -2.52. The molecule has 0 saturated carbocycles. The molecule has 2 N–H and O–H groups in total. The van der Waals surface area contributed by atoms with Crippen molar-refractivity contribution in [2.24, 2.45) is 0 Å². The van der Waals surface area contributed by atoms with E-state index in [2.05, 4.69) is 20.4 Å². The summed E-state index contributed by atoms with van der Waals surface area (Å²) < 4.78 is 40.8. The van der Waals surface area contributed by atoms with Gasteiger partial charge < -0.3 is 20.3 Å². The summed E-state index contributed by atoms with van der Waals surface area (Å²) in [5, 5.41) is 5.03. The maximum Gasteiger partial charge on any atom is 0.422 e. The Kier molecular flexibility index (Phi) is 7.28. The number of halogens is 3. The van der Waals surface area contributed by atoms with Crippen molar-refractivity contribution in [1.29, 1.82) is 0 Å². The highest BCUT2D eigenvalue weighted by Gasteiger charge is 2.28. The lowest BCUT2D eigenvalue weighted by molar-refractivity contribution is -0.154. The number of carbonyl (C=O) groups is 2. The van der Waals surface area contributed by atoms with Crippen LogP contribution in [0.25, 0.3) is 0 Å². The Bertz CT molecular complexity index is 564. The molecule has 7 nitrogen and oxygen atoms in total. The molecule has 0 saturated heterocycles. The van der Waals surface area contributed by atoms with E-state index in [0.717, 1.165) is 0 Å². The van der Waals surface area contributed by atoms with Gasteiger partial charge in [0, 0.05) is 45.9 Å². The van der Waals surface area contributed by atoms with Gasteiger partial charge in [0.1, 0.15) is 0 Å². The topological polar surface area (TPSA) is 83.6 Å². The van der Waals surface area contributed by atoms with Crippen LogP contribution in [-0.2, 0) is 11.3 Å². The first-order chi connectivity index (χ1) is 11.2. The molecule has 0 spiro atoms. The summed E-state index contributed by atoms with van der Waals surface area (Å²) in [4.78, 5) is 28.0. The summed E-state index contributed by atoms with van der Waals surface area (Å²) in [6.07, 6.45) is -2.98. The second-order valence-corrected chi connectivity index (χ2v) is 5.05. The summed E-state index contributed by atoms with van der Waals surface area (Å²) in [6.45, 7) is -1.17. The molecule has 0 bridgehead atoms. The third-order valence-corrected chi connectivity index (χ3v) is 2.76. The first-order valence-electron chi connectivity index (χ1n) is 7.03. The normalized spacial score (nSPS) is 10.9. The molecule has 1 aromatic heterocycles. The Morgan fingerprint density at radius 2 is 2.00 bits per heavy atom. The van der Waals surface area contributed by atoms with Gasteiger partial charge >= 0.3 is 12.2 Å². The zero-order valence-electron chi connectivity index (χ0n) is 13.3. The summed E-state index contributed by atoms with van der Waals surface area (Å²) in [7, 11) is 3.23. The van der Waals surface area contributed by atoms with Gasteiger partial charge in [-0.3, -0.25) is 4.79 Å². The van der Waals surface area contributed by atoms with Crippen LogP contribution in [0.4, 0.5) is 18.0 Å². The van der Waals surface area contributed by atoms with Crippen LogP contribution < -0.4 is 15.4 Å². The number of hydrogen-bond acceptors (Lipinski definition) is 4. The minimum absolute atomic E-state index is 0.0817. The van der Waals surface area contributed by atoms with Crippen LogP contribution >= 0.6 is 0 Å². The maximum atomic E-state index is 12.1. The first-order valence-corrected chi connectivity index (χ1v) is 7.03. The van der Waals surface area contributed by atoms with E-state index in [4.69, 9.17) is 0 Å². The van der Waals surface area contributed by atoms with E-state index < -0.39 is 18.8 Å².